The van der Waals surface area contributed by atoms with Crippen LogP contribution in [0.25, 0.3) is 10.9 Å². The number of nitrogens with zero attached hydrogens (tertiary/aromatic N) is 1. The van der Waals surface area contributed by atoms with E-state index in [1.165, 1.54) is 0 Å². The van der Waals surface area contributed by atoms with E-state index in [1.54, 1.807) is 6.92 Å². The van der Waals surface area contributed by atoms with Crippen LogP contribution in [0.15, 0.2) is 24.3 Å². The third-order valence-electron chi connectivity index (χ3n) is 3.02. The summed E-state index contributed by atoms with van der Waals surface area (Å²) in [6, 6.07) is 8.48. The minimum absolute atomic E-state index is 0.146. The first-order valence-electron chi connectivity index (χ1n) is 5.64. The largest absolute Gasteiger partial charge is 0.342 e. The van der Waals surface area contributed by atoms with Crippen LogP contribution in [-0.4, -0.2) is 10.4 Å². The predicted octanol–water partition coefficient (Wildman–Crippen LogP) is 3.73. The number of fused-ring (bicyclic) bond motifs is 1. The van der Waals surface area contributed by atoms with Crippen molar-refractivity contribution in [3.63, 3.8) is 0 Å². The number of hydrogen-bond donors (Lipinski definition) is 0. The molecule has 1 aromatic heterocycles. The second-order valence-electron chi connectivity index (χ2n) is 4.50. The molecule has 0 radical (unpaired) electrons. The maximum Gasteiger partial charge on any atom is 0.162 e. The van der Waals surface area contributed by atoms with Crippen LogP contribution in [0.3, 0.4) is 0 Å². The lowest BCUT2D eigenvalue weighted by Crippen LogP contribution is -2.04. The zero-order valence-corrected chi connectivity index (χ0v) is 10.2. The highest BCUT2D eigenvalue weighted by molar-refractivity contribution is 6.08. The van der Waals surface area contributed by atoms with E-state index < -0.39 is 0 Å². The zero-order valence-electron chi connectivity index (χ0n) is 10.2. The number of ketones is 1. The molecule has 84 valence electrons. The van der Waals surface area contributed by atoms with Gasteiger partial charge in [0.05, 0.1) is 0 Å². The Balaban J connectivity index is 2.91. The van der Waals surface area contributed by atoms with Crippen molar-refractivity contribution in [2.75, 3.05) is 0 Å². The average Bonchev–Trinajstić information content (AvgIpc) is 2.49. The molecule has 2 aromatic rings. The molecular weight excluding hydrogens is 198 g/mol. The summed E-state index contributed by atoms with van der Waals surface area (Å²) in [5.74, 6) is 0.146. The van der Waals surface area contributed by atoms with Crippen molar-refractivity contribution < 1.29 is 4.79 Å². The monoisotopic (exact) mass is 215 g/mol. The van der Waals surface area contributed by atoms with E-state index >= 15 is 0 Å². The van der Waals surface area contributed by atoms with Crippen molar-refractivity contribution in [3.05, 3.63) is 35.5 Å². The summed E-state index contributed by atoms with van der Waals surface area (Å²) in [5, 5.41) is 1.07. The van der Waals surface area contributed by atoms with E-state index in [1.807, 2.05) is 25.1 Å². The average molecular weight is 215 g/mol. The standard InChI is InChI=1S/C14H17NO/c1-9(2)15-10(3)14(11(4)16)12-7-5-6-8-13(12)15/h5-9H,1-4H3. The molecule has 0 bridgehead atoms. The van der Waals surface area contributed by atoms with Gasteiger partial charge in [-0.15, -0.1) is 0 Å². The van der Waals surface area contributed by atoms with E-state index in [0.717, 1.165) is 22.2 Å². The van der Waals surface area contributed by atoms with Crippen LogP contribution in [-0.2, 0) is 0 Å². The fourth-order valence-corrected chi connectivity index (χ4v) is 2.50. The van der Waals surface area contributed by atoms with Gasteiger partial charge in [0.25, 0.3) is 0 Å². The highest BCUT2D eigenvalue weighted by Gasteiger charge is 2.17. The predicted molar refractivity (Wildman–Crippen MR) is 67.1 cm³/mol. The van der Waals surface area contributed by atoms with E-state index in [0.29, 0.717) is 6.04 Å². The smallest absolute Gasteiger partial charge is 0.162 e. The van der Waals surface area contributed by atoms with E-state index in [-0.39, 0.29) is 5.78 Å². The van der Waals surface area contributed by atoms with Crippen LogP contribution >= 0.6 is 0 Å². The van der Waals surface area contributed by atoms with E-state index in [9.17, 15) is 4.79 Å². The van der Waals surface area contributed by atoms with Crippen molar-refractivity contribution in [1.82, 2.24) is 4.57 Å². The van der Waals surface area contributed by atoms with Crippen molar-refractivity contribution in [1.29, 1.82) is 0 Å². The van der Waals surface area contributed by atoms with Gasteiger partial charge in [0.1, 0.15) is 0 Å². The third-order valence-corrected chi connectivity index (χ3v) is 3.02. The SMILES string of the molecule is CC(=O)c1c(C)n(C(C)C)c2ccccc12. The minimum atomic E-state index is 0.146. The summed E-state index contributed by atoms with van der Waals surface area (Å²) >= 11 is 0. The van der Waals surface area contributed by atoms with Gasteiger partial charge in [-0.25, -0.2) is 0 Å². The molecule has 0 N–H and O–H groups in total. The van der Waals surface area contributed by atoms with Gasteiger partial charge in [-0.1, -0.05) is 18.2 Å². The Morgan fingerprint density at radius 3 is 2.44 bits per heavy atom. The first-order chi connectivity index (χ1) is 7.54. The molecule has 0 aliphatic rings. The molecule has 0 unspecified atom stereocenters. The first kappa shape index (κ1) is 10.9. The molecule has 0 aliphatic heterocycles. The van der Waals surface area contributed by atoms with E-state index in [2.05, 4.69) is 24.5 Å². The summed E-state index contributed by atoms with van der Waals surface area (Å²) < 4.78 is 2.23. The lowest BCUT2D eigenvalue weighted by Gasteiger charge is -2.12. The van der Waals surface area contributed by atoms with Crippen LogP contribution in [0.1, 0.15) is 42.9 Å². The summed E-state index contributed by atoms with van der Waals surface area (Å²) in [7, 11) is 0. The summed E-state index contributed by atoms with van der Waals surface area (Å²) in [4.78, 5) is 11.7. The van der Waals surface area contributed by atoms with Gasteiger partial charge in [0.2, 0.25) is 0 Å². The molecule has 1 heterocycles. The second kappa shape index (κ2) is 3.78. The van der Waals surface area contributed by atoms with Crippen molar-refractivity contribution in [3.8, 4) is 0 Å². The fourth-order valence-electron chi connectivity index (χ4n) is 2.50. The van der Waals surface area contributed by atoms with Crippen molar-refractivity contribution in [2.24, 2.45) is 0 Å². The molecule has 0 aliphatic carbocycles. The molecule has 0 saturated heterocycles. The molecule has 2 rings (SSSR count). The van der Waals surface area contributed by atoms with Gasteiger partial charge in [0.15, 0.2) is 5.78 Å². The highest BCUT2D eigenvalue weighted by atomic mass is 16.1. The Bertz CT molecular complexity index is 549. The molecule has 0 spiro atoms. The number of carbonyl (C=O) groups is 1. The van der Waals surface area contributed by atoms with Crippen LogP contribution in [0.5, 0.6) is 0 Å². The maximum absolute atomic E-state index is 11.7. The summed E-state index contributed by atoms with van der Waals surface area (Å²) in [6.45, 7) is 7.95. The number of aromatic nitrogens is 1. The van der Waals surface area contributed by atoms with Crippen LogP contribution in [0.4, 0.5) is 0 Å². The Hall–Kier alpha value is -1.57. The molecule has 0 saturated carbocycles. The van der Waals surface area contributed by atoms with Crippen LogP contribution in [0, 0.1) is 6.92 Å². The number of rotatable bonds is 2. The third kappa shape index (κ3) is 1.45. The van der Waals surface area contributed by atoms with Gasteiger partial charge in [-0.05, 0) is 33.8 Å². The normalized spacial score (nSPS) is 11.3. The summed E-state index contributed by atoms with van der Waals surface area (Å²) in [5.41, 5.74) is 3.09. The molecule has 1 aromatic carbocycles. The Kier molecular flexibility index (Phi) is 2.58. The number of carbonyl (C=O) groups excluding carboxylic acids is 1. The molecule has 2 nitrogen and oxygen atoms in total. The summed E-state index contributed by atoms with van der Waals surface area (Å²) in [6.07, 6.45) is 0. The zero-order chi connectivity index (χ0) is 11.9. The topological polar surface area (TPSA) is 22.0 Å². The van der Waals surface area contributed by atoms with Gasteiger partial charge < -0.3 is 4.57 Å². The lowest BCUT2D eigenvalue weighted by atomic mass is 10.1. The number of Topliss-reactive ketones (excluding diaryl/α,β-unsaturated/α-hetero) is 1. The van der Waals surface area contributed by atoms with Crippen LogP contribution < -0.4 is 0 Å². The minimum Gasteiger partial charge on any atom is -0.342 e. The maximum atomic E-state index is 11.7. The highest BCUT2D eigenvalue weighted by Crippen LogP contribution is 2.28. The number of benzene rings is 1. The molecular formula is C14H17NO. The lowest BCUT2D eigenvalue weighted by molar-refractivity contribution is 0.101. The Morgan fingerprint density at radius 1 is 1.25 bits per heavy atom. The van der Waals surface area contributed by atoms with E-state index in [4.69, 9.17) is 0 Å². The van der Waals surface area contributed by atoms with Crippen molar-refractivity contribution in [2.45, 2.75) is 33.7 Å². The van der Waals surface area contributed by atoms with Gasteiger partial charge in [-0.3, -0.25) is 4.79 Å². The molecule has 0 fully saturated rings. The molecule has 0 amide bonds. The number of hydrogen-bond acceptors (Lipinski definition) is 1. The Morgan fingerprint density at radius 2 is 1.88 bits per heavy atom. The first-order valence-corrected chi connectivity index (χ1v) is 5.64. The second-order valence-corrected chi connectivity index (χ2v) is 4.50. The van der Waals surface area contributed by atoms with Gasteiger partial charge in [0, 0.05) is 28.2 Å². The van der Waals surface area contributed by atoms with Gasteiger partial charge in [-0.2, -0.15) is 0 Å². The Labute approximate surface area is 95.9 Å². The number of para-hydroxylation sites is 1. The molecule has 2 heteroatoms. The van der Waals surface area contributed by atoms with Crippen LogP contribution in [0.2, 0.25) is 0 Å². The fraction of sp³-hybridized carbons (Fsp3) is 0.357. The molecule has 16 heavy (non-hydrogen) atoms. The molecule has 0 atom stereocenters. The van der Waals surface area contributed by atoms with Crippen molar-refractivity contribution >= 4 is 16.7 Å². The quantitative estimate of drug-likeness (QED) is 0.699. The van der Waals surface area contributed by atoms with Gasteiger partial charge >= 0.3 is 0 Å².